The minimum absolute atomic E-state index is 0.449. The van der Waals surface area contributed by atoms with Gasteiger partial charge in [-0.15, -0.1) is 10.2 Å². The van der Waals surface area contributed by atoms with Crippen molar-refractivity contribution in [3.8, 4) is 22.0 Å². The lowest BCUT2D eigenvalue weighted by molar-refractivity contribution is 0.411. The van der Waals surface area contributed by atoms with Crippen LogP contribution in [-0.4, -0.2) is 27.1 Å². The molecule has 7 heteroatoms. The van der Waals surface area contributed by atoms with E-state index in [-0.39, 0.29) is 0 Å². The minimum atomic E-state index is 0.449. The van der Waals surface area contributed by atoms with Gasteiger partial charge in [0.15, 0.2) is 5.01 Å². The van der Waals surface area contributed by atoms with Gasteiger partial charge in [0, 0.05) is 0 Å². The first-order valence-electron chi connectivity index (χ1n) is 6.39. The third-order valence-corrected chi connectivity index (χ3v) is 4.03. The Hall–Kier alpha value is -2.41. The molecule has 0 fully saturated rings. The topological polar surface area (TPSA) is 78.8 Å². The number of nitrogen functional groups attached to an aromatic ring is 1. The molecule has 2 aromatic heterocycles. The highest BCUT2D eigenvalue weighted by Gasteiger charge is 2.16. The van der Waals surface area contributed by atoms with Crippen molar-refractivity contribution < 1.29 is 4.74 Å². The van der Waals surface area contributed by atoms with Crippen LogP contribution in [0.1, 0.15) is 11.3 Å². The zero-order valence-electron chi connectivity index (χ0n) is 12.0. The monoisotopic (exact) mass is 301 g/mol. The van der Waals surface area contributed by atoms with Gasteiger partial charge in [-0.05, 0) is 31.5 Å². The smallest absolute Gasteiger partial charge is 0.203 e. The lowest BCUT2D eigenvalue weighted by atomic mass is 10.2. The molecule has 2 N–H and O–H groups in total. The Morgan fingerprint density at radius 3 is 2.71 bits per heavy atom. The number of nitrogens with two attached hydrogens (primary N) is 1. The molecule has 6 nitrogen and oxygen atoms in total. The van der Waals surface area contributed by atoms with E-state index in [1.165, 1.54) is 11.3 Å². The molecule has 0 spiro atoms. The Kier molecular flexibility index (Phi) is 3.34. The fourth-order valence-corrected chi connectivity index (χ4v) is 2.84. The van der Waals surface area contributed by atoms with E-state index < -0.39 is 0 Å². The number of nitrogens with zero attached hydrogens (tertiary/aromatic N) is 4. The molecular formula is C14H15N5OS. The van der Waals surface area contributed by atoms with Gasteiger partial charge in [0.2, 0.25) is 5.13 Å². The van der Waals surface area contributed by atoms with E-state index >= 15 is 0 Å². The number of rotatable bonds is 3. The molecule has 0 aliphatic carbocycles. The quantitative estimate of drug-likeness (QED) is 0.804. The number of hydrogen-bond acceptors (Lipinski definition) is 6. The summed E-state index contributed by atoms with van der Waals surface area (Å²) in [5.41, 5.74) is 9.58. The van der Waals surface area contributed by atoms with Gasteiger partial charge in [0.1, 0.15) is 11.4 Å². The molecule has 3 aromatic rings. The van der Waals surface area contributed by atoms with Crippen LogP contribution in [0.3, 0.4) is 0 Å². The van der Waals surface area contributed by atoms with Crippen molar-refractivity contribution in [2.45, 2.75) is 13.8 Å². The second-order valence-corrected chi connectivity index (χ2v) is 5.69. The standard InChI is InChI=1S/C14H15N5OS/c1-8-4-5-12(20-3)11(6-8)19-9(2)10(7-16-19)13-17-18-14(15)21-13/h4-7H,1-3H3,(H2,15,18). The number of methoxy groups -OCH3 is 1. The second kappa shape index (κ2) is 5.17. The SMILES string of the molecule is COc1ccc(C)cc1-n1ncc(-c2nnc(N)s2)c1C. The van der Waals surface area contributed by atoms with Gasteiger partial charge in [-0.1, -0.05) is 17.4 Å². The van der Waals surface area contributed by atoms with Crippen molar-refractivity contribution in [2.24, 2.45) is 0 Å². The van der Waals surface area contributed by atoms with Crippen LogP contribution in [0.2, 0.25) is 0 Å². The summed E-state index contributed by atoms with van der Waals surface area (Å²) in [5.74, 6) is 0.773. The van der Waals surface area contributed by atoms with E-state index in [0.717, 1.165) is 33.3 Å². The summed E-state index contributed by atoms with van der Waals surface area (Å²) in [6.07, 6.45) is 1.77. The lowest BCUT2D eigenvalue weighted by Crippen LogP contribution is -2.02. The molecule has 2 heterocycles. The van der Waals surface area contributed by atoms with Gasteiger partial charge in [-0.25, -0.2) is 4.68 Å². The highest BCUT2D eigenvalue weighted by Crippen LogP contribution is 2.31. The third kappa shape index (κ3) is 2.36. The Balaban J connectivity index is 2.13. The maximum atomic E-state index is 5.65. The Morgan fingerprint density at radius 2 is 2.05 bits per heavy atom. The van der Waals surface area contributed by atoms with Crippen LogP contribution in [-0.2, 0) is 0 Å². The van der Waals surface area contributed by atoms with Crippen molar-refractivity contribution in [2.75, 3.05) is 12.8 Å². The Labute approximate surface area is 126 Å². The molecule has 0 unspecified atom stereocenters. The molecule has 108 valence electrons. The summed E-state index contributed by atoms with van der Waals surface area (Å²) in [4.78, 5) is 0. The average Bonchev–Trinajstić information content (AvgIpc) is 3.04. The van der Waals surface area contributed by atoms with Crippen molar-refractivity contribution >= 4 is 16.5 Å². The zero-order chi connectivity index (χ0) is 15.0. The van der Waals surface area contributed by atoms with Gasteiger partial charge < -0.3 is 10.5 Å². The first kappa shape index (κ1) is 13.6. The molecule has 0 bridgehead atoms. The summed E-state index contributed by atoms with van der Waals surface area (Å²) in [7, 11) is 1.65. The number of ether oxygens (including phenoxy) is 1. The van der Waals surface area contributed by atoms with Crippen LogP contribution in [0.4, 0.5) is 5.13 Å². The lowest BCUT2D eigenvalue weighted by Gasteiger charge is -2.11. The first-order valence-corrected chi connectivity index (χ1v) is 7.21. The molecule has 0 aliphatic heterocycles. The highest BCUT2D eigenvalue weighted by molar-refractivity contribution is 7.18. The molecule has 0 radical (unpaired) electrons. The van der Waals surface area contributed by atoms with Gasteiger partial charge in [0.05, 0.1) is 24.6 Å². The molecule has 21 heavy (non-hydrogen) atoms. The van der Waals surface area contributed by atoms with Gasteiger partial charge in [0.25, 0.3) is 0 Å². The fourth-order valence-electron chi connectivity index (χ4n) is 2.17. The van der Waals surface area contributed by atoms with Crippen LogP contribution in [0.15, 0.2) is 24.4 Å². The fraction of sp³-hybridized carbons (Fsp3) is 0.214. The largest absolute Gasteiger partial charge is 0.494 e. The third-order valence-electron chi connectivity index (χ3n) is 3.24. The van der Waals surface area contributed by atoms with Crippen LogP contribution in [0.25, 0.3) is 16.3 Å². The van der Waals surface area contributed by atoms with E-state index in [4.69, 9.17) is 10.5 Å². The number of hydrogen-bond donors (Lipinski definition) is 1. The Morgan fingerprint density at radius 1 is 1.24 bits per heavy atom. The van der Waals surface area contributed by atoms with Crippen molar-refractivity contribution in [3.63, 3.8) is 0 Å². The van der Waals surface area contributed by atoms with Crippen LogP contribution in [0.5, 0.6) is 5.75 Å². The summed E-state index contributed by atoms with van der Waals surface area (Å²) in [5, 5.41) is 13.6. The van der Waals surface area contributed by atoms with E-state index in [1.807, 2.05) is 36.7 Å². The molecule has 1 aromatic carbocycles. The molecule has 0 saturated carbocycles. The molecule has 0 atom stereocenters. The highest BCUT2D eigenvalue weighted by atomic mass is 32.1. The van der Waals surface area contributed by atoms with E-state index in [2.05, 4.69) is 15.3 Å². The maximum Gasteiger partial charge on any atom is 0.203 e. The second-order valence-electron chi connectivity index (χ2n) is 4.68. The Bertz CT molecular complexity index is 793. The summed E-state index contributed by atoms with van der Waals surface area (Å²) in [6, 6.07) is 5.99. The van der Waals surface area contributed by atoms with Crippen molar-refractivity contribution in [3.05, 3.63) is 35.7 Å². The van der Waals surface area contributed by atoms with Crippen LogP contribution in [0, 0.1) is 13.8 Å². The number of benzene rings is 1. The maximum absolute atomic E-state index is 5.65. The van der Waals surface area contributed by atoms with Gasteiger partial charge in [-0.3, -0.25) is 0 Å². The number of aryl methyl sites for hydroxylation is 1. The van der Waals surface area contributed by atoms with E-state index in [0.29, 0.717) is 5.13 Å². The van der Waals surface area contributed by atoms with Crippen LogP contribution < -0.4 is 10.5 Å². The van der Waals surface area contributed by atoms with Crippen molar-refractivity contribution in [1.82, 2.24) is 20.0 Å². The minimum Gasteiger partial charge on any atom is -0.494 e. The molecule has 0 amide bonds. The molecule has 3 rings (SSSR count). The number of aromatic nitrogens is 4. The average molecular weight is 301 g/mol. The van der Waals surface area contributed by atoms with Crippen molar-refractivity contribution in [1.29, 1.82) is 0 Å². The predicted molar refractivity (Wildman–Crippen MR) is 82.9 cm³/mol. The molecule has 0 saturated heterocycles. The van der Waals surface area contributed by atoms with Crippen LogP contribution >= 0.6 is 11.3 Å². The van der Waals surface area contributed by atoms with E-state index in [1.54, 1.807) is 13.3 Å². The van der Waals surface area contributed by atoms with Gasteiger partial charge >= 0.3 is 0 Å². The molecular weight excluding hydrogens is 286 g/mol. The normalized spacial score (nSPS) is 10.8. The molecule has 0 aliphatic rings. The summed E-state index contributed by atoms with van der Waals surface area (Å²) < 4.78 is 7.27. The summed E-state index contributed by atoms with van der Waals surface area (Å²) >= 11 is 1.35. The van der Waals surface area contributed by atoms with E-state index in [9.17, 15) is 0 Å². The predicted octanol–water partition coefficient (Wildman–Crippen LogP) is 2.60. The summed E-state index contributed by atoms with van der Waals surface area (Å²) in [6.45, 7) is 4.02. The zero-order valence-corrected chi connectivity index (χ0v) is 12.8. The first-order chi connectivity index (χ1) is 10.1. The van der Waals surface area contributed by atoms with Gasteiger partial charge in [-0.2, -0.15) is 5.10 Å². The number of anilines is 1.